The van der Waals surface area contributed by atoms with E-state index in [1.54, 1.807) is 0 Å². The first kappa shape index (κ1) is 19.4. The average molecular weight is 348 g/mol. The molecule has 0 saturated carbocycles. The first-order valence-corrected chi connectivity index (χ1v) is 10.2. The van der Waals surface area contributed by atoms with Crippen LogP contribution in [0.3, 0.4) is 0 Å². The monoisotopic (exact) mass is 347 g/mol. The number of carbonyl (C=O) groups excluding carboxylic acids is 1. The van der Waals surface area contributed by atoms with Crippen LogP contribution in [-0.2, 0) is 4.79 Å². The van der Waals surface area contributed by atoms with Gasteiger partial charge in [0, 0.05) is 18.7 Å². The molecule has 2 nitrogen and oxygen atoms in total. The topological polar surface area (TPSA) is 20.3 Å². The van der Waals surface area contributed by atoms with Crippen molar-refractivity contribution in [1.29, 1.82) is 0 Å². The van der Waals surface area contributed by atoms with Gasteiger partial charge in [0.25, 0.3) is 0 Å². The lowest BCUT2D eigenvalue weighted by Gasteiger charge is -2.28. The highest BCUT2D eigenvalue weighted by Crippen LogP contribution is 2.39. The number of nitrogens with zero attached hydrogens (tertiary/aromatic N) is 1. The third-order valence-corrected chi connectivity index (χ3v) is 5.84. The maximum atomic E-state index is 12.8. The van der Waals surface area contributed by atoms with Gasteiger partial charge in [-0.2, -0.15) is 0 Å². The second-order valence-electron chi connectivity index (χ2n) is 8.71. The largest absolute Gasteiger partial charge is 0.326 e. The highest BCUT2D eigenvalue weighted by Gasteiger charge is 2.31. The maximum absolute atomic E-state index is 12.8. The number of amides is 1. The Hall–Kier alpha value is -0.960. The van der Waals surface area contributed by atoms with Crippen molar-refractivity contribution in [3.8, 4) is 0 Å². The minimum Gasteiger partial charge on any atom is -0.326 e. The molecule has 1 aromatic rings. The first-order chi connectivity index (χ1) is 11.2. The van der Waals surface area contributed by atoms with E-state index in [0.717, 1.165) is 18.7 Å². The first-order valence-electron chi connectivity index (χ1n) is 9.18. The lowest BCUT2D eigenvalue weighted by molar-refractivity contribution is -0.132. The van der Waals surface area contributed by atoms with Crippen molar-refractivity contribution in [3.63, 3.8) is 0 Å². The molecule has 0 aromatic heterocycles. The van der Waals surface area contributed by atoms with Crippen LogP contribution >= 0.6 is 11.8 Å². The zero-order chi connectivity index (χ0) is 17.9. The fourth-order valence-corrected chi connectivity index (χ4v) is 4.86. The predicted octanol–water partition coefficient (Wildman–Crippen LogP) is 5.85. The van der Waals surface area contributed by atoms with Crippen molar-refractivity contribution in [2.45, 2.75) is 65.7 Å². The molecule has 1 aliphatic heterocycles. The Kier molecular flexibility index (Phi) is 6.41. The second-order valence-corrected chi connectivity index (χ2v) is 9.89. The van der Waals surface area contributed by atoms with E-state index >= 15 is 0 Å². The average Bonchev–Trinajstić information content (AvgIpc) is 2.94. The zero-order valence-electron chi connectivity index (χ0n) is 16.1. The molecule has 1 saturated heterocycles. The van der Waals surface area contributed by atoms with Crippen LogP contribution in [0.5, 0.6) is 0 Å². The van der Waals surface area contributed by atoms with E-state index < -0.39 is 0 Å². The van der Waals surface area contributed by atoms with Gasteiger partial charge in [-0.3, -0.25) is 4.79 Å². The predicted molar refractivity (Wildman–Crippen MR) is 105 cm³/mol. The molecule has 0 spiro atoms. The Balaban J connectivity index is 2.03. The molecule has 0 unspecified atom stereocenters. The molecule has 0 N–H and O–H groups in total. The van der Waals surface area contributed by atoms with Crippen molar-refractivity contribution in [3.05, 3.63) is 35.4 Å². The quantitative estimate of drug-likeness (QED) is 0.666. The molecular formula is C21H33NOS. The van der Waals surface area contributed by atoms with Crippen molar-refractivity contribution in [1.82, 2.24) is 4.90 Å². The lowest BCUT2D eigenvalue weighted by Crippen LogP contribution is -2.32. The van der Waals surface area contributed by atoms with E-state index in [1.165, 1.54) is 11.1 Å². The van der Waals surface area contributed by atoms with Gasteiger partial charge in [-0.1, -0.05) is 65.8 Å². The van der Waals surface area contributed by atoms with Crippen LogP contribution in [0.4, 0.5) is 0 Å². The molecule has 2 rings (SSSR count). The molecule has 2 atom stereocenters. The van der Waals surface area contributed by atoms with Gasteiger partial charge < -0.3 is 4.90 Å². The number of hydrogen-bond donors (Lipinski definition) is 0. The molecule has 1 amide bonds. The van der Waals surface area contributed by atoms with Crippen LogP contribution in [0.25, 0.3) is 0 Å². The molecule has 134 valence electrons. The molecule has 0 bridgehead atoms. The maximum Gasteiger partial charge on any atom is 0.224 e. The van der Waals surface area contributed by atoms with Gasteiger partial charge in [-0.05, 0) is 34.8 Å². The van der Waals surface area contributed by atoms with E-state index in [1.807, 2.05) is 11.8 Å². The summed E-state index contributed by atoms with van der Waals surface area (Å²) < 4.78 is 0. The molecule has 0 radical (unpaired) electrons. The summed E-state index contributed by atoms with van der Waals surface area (Å²) in [6.45, 7) is 14.3. The van der Waals surface area contributed by atoms with E-state index in [2.05, 4.69) is 70.7 Å². The van der Waals surface area contributed by atoms with Crippen LogP contribution in [0.1, 0.15) is 76.8 Å². The lowest BCUT2D eigenvalue weighted by atomic mass is 9.84. The zero-order valence-corrected chi connectivity index (χ0v) is 17.0. The summed E-state index contributed by atoms with van der Waals surface area (Å²) in [5, 5.41) is 0.195. The summed E-state index contributed by atoms with van der Waals surface area (Å²) in [6, 6.07) is 8.84. The van der Waals surface area contributed by atoms with Gasteiger partial charge in [-0.25, -0.2) is 0 Å². The van der Waals surface area contributed by atoms with Crippen molar-refractivity contribution >= 4 is 17.7 Å². The van der Waals surface area contributed by atoms with E-state index in [4.69, 9.17) is 0 Å². The SMILES string of the molecule is CC(C)c1ccc([C@@H]2SCCN2C(=O)C[C@H](C)CC(C)(C)C)cc1. The van der Waals surface area contributed by atoms with E-state index in [-0.39, 0.29) is 10.8 Å². The molecule has 1 heterocycles. The molecular weight excluding hydrogens is 314 g/mol. The van der Waals surface area contributed by atoms with Crippen LogP contribution in [0, 0.1) is 11.3 Å². The number of thioether (sulfide) groups is 1. The minimum atomic E-state index is 0.195. The van der Waals surface area contributed by atoms with Crippen molar-refractivity contribution in [2.24, 2.45) is 11.3 Å². The summed E-state index contributed by atoms with van der Waals surface area (Å²) in [5.41, 5.74) is 2.91. The highest BCUT2D eigenvalue weighted by atomic mass is 32.2. The Morgan fingerprint density at radius 2 is 1.83 bits per heavy atom. The number of hydrogen-bond acceptors (Lipinski definition) is 2. The number of rotatable bonds is 5. The van der Waals surface area contributed by atoms with Crippen LogP contribution in [0.15, 0.2) is 24.3 Å². The van der Waals surface area contributed by atoms with Gasteiger partial charge in [0.05, 0.1) is 0 Å². The molecule has 1 aromatic carbocycles. The Morgan fingerprint density at radius 1 is 1.21 bits per heavy atom. The number of benzene rings is 1. The smallest absolute Gasteiger partial charge is 0.224 e. The van der Waals surface area contributed by atoms with Gasteiger partial charge in [-0.15, -0.1) is 11.8 Å². The summed E-state index contributed by atoms with van der Waals surface area (Å²) >= 11 is 1.89. The van der Waals surface area contributed by atoms with Gasteiger partial charge >= 0.3 is 0 Å². The van der Waals surface area contributed by atoms with E-state index in [9.17, 15) is 4.79 Å². The van der Waals surface area contributed by atoms with Gasteiger partial charge in [0.1, 0.15) is 5.37 Å². The van der Waals surface area contributed by atoms with Crippen molar-refractivity contribution in [2.75, 3.05) is 12.3 Å². The summed E-state index contributed by atoms with van der Waals surface area (Å²) in [7, 11) is 0. The third kappa shape index (κ3) is 5.27. The summed E-state index contributed by atoms with van der Waals surface area (Å²) in [4.78, 5) is 14.9. The highest BCUT2D eigenvalue weighted by molar-refractivity contribution is 7.99. The Bertz CT molecular complexity index is 544. The summed E-state index contributed by atoms with van der Waals surface area (Å²) in [5.74, 6) is 2.34. The molecule has 3 heteroatoms. The second kappa shape index (κ2) is 7.95. The molecule has 1 aliphatic rings. The molecule has 0 aliphatic carbocycles. The molecule has 24 heavy (non-hydrogen) atoms. The molecule has 1 fully saturated rings. The third-order valence-electron chi connectivity index (χ3n) is 4.58. The van der Waals surface area contributed by atoms with Crippen LogP contribution in [-0.4, -0.2) is 23.1 Å². The summed E-state index contributed by atoms with van der Waals surface area (Å²) in [6.07, 6.45) is 1.76. The normalized spacial score (nSPS) is 19.8. The Morgan fingerprint density at radius 3 is 2.38 bits per heavy atom. The van der Waals surface area contributed by atoms with Crippen LogP contribution in [0.2, 0.25) is 0 Å². The minimum absolute atomic E-state index is 0.195. The fourth-order valence-electron chi connectivity index (χ4n) is 3.58. The fraction of sp³-hybridized carbons (Fsp3) is 0.667. The van der Waals surface area contributed by atoms with Crippen LogP contribution < -0.4 is 0 Å². The van der Waals surface area contributed by atoms with E-state index in [0.29, 0.717) is 24.2 Å². The van der Waals surface area contributed by atoms with Gasteiger partial charge in [0.2, 0.25) is 5.91 Å². The number of carbonyl (C=O) groups is 1. The standard InChI is InChI=1S/C21H33NOS/c1-15(2)17-7-9-18(10-8-17)20-22(11-12-24-20)19(23)13-16(3)14-21(4,5)6/h7-10,15-16,20H,11-14H2,1-6H3/t16-,20-/m0/s1. The Labute approximate surface area is 152 Å². The van der Waals surface area contributed by atoms with Gasteiger partial charge in [0.15, 0.2) is 0 Å². The van der Waals surface area contributed by atoms with Crippen molar-refractivity contribution < 1.29 is 4.79 Å².